The van der Waals surface area contributed by atoms with Crippen molar-refractivity contribution in [2.75, 3.05) is 6.54 Å². The first kappa shape index (κ1) is 13.3. The molecular weight excluding hydrogens is 202 g/mol. The van der Waals surface area contributed by atoms with Gasteiger partial charge in [-0.25, -0.2) is 4.79 Å². The van der Waals surface area contributed by atoms with Crippen LogP contribution in [-0.4, -0.2) is 18.7 Å². The molecule has 0 radical (unpaired) electrons. The maximum absolute atomic E-state index is 11.5. The third kappa shape index (κ3) is 3.69. The van der Waals surface area contributed by atoms with Gasteiger partial charge in [0, 0.05) is 6.54 Å². The van der Waals surface area contributed by atoms with Crippen molar-refractivity contribution in [2.24, 2.45) is 17.8 Å². The van der Waals surface area contributed by atoms with Gasteiger partial charge in [-0.05, 0) is 37.5 Å². The van der Waals surface area contributed by atoms with Crippen LogP contribution in [0.2, 0.25) is 0 Å². The zero-order valence-electron chi connectivity index (χ0n) is 11.0. The average Bonchev–Trinajstić information content (AvgIpc) is 2.17. The molecule has 0 aromatic carbocycles. The smallest absolute Gasteiger partial charge is 0.407 e. The molecule has 1 fully saturated rings. The van der Waals surface area contributed by atoms with Crippen LogP contribution >= 0.6 is 0 Å². The molecule has 1 saturated carbocycles. The molecule has 0 saturated heterocycles. The van der Waals surface area contributed by atoms with Crippen LogP contribution in [0.4, 0.5) is 4.79 Å². The lowest BCUT2D eigenvalue weighted by atomic mass is 9.75. The van der Waals surface area contributed by atoms with Crippen molar-refractivity contribution in [2.45, 2.75) is 53.1 Å². The third-order valence-electron chi connectivity index (χ3n) is 3.54. The Bertz CT molecular complexity index is 228. The minimum Gasteiger partial charge on any atom is -0.446 e. The van der Waals surface area contributed by atoms with Crippen molar-refractivity contribution in [3.63, 3.8) is 0 Å². The SMILES string of the molecule is CCNC(=O)O[C@@H]1C[C@@H](C)CC[C@@H]1C(C)C. The molecule has 3 atom stereocenters. The minimum atomic E-state index is -0.257. The van der Waals surface area contributed by atoms with Crippen molar-refractivity contribution in [1.82, 2.24) is 5.32 Å². The highest BCUT2D eigenvalue weighted by Crippen LogP contribution is 2.35. The lowest BCUT2D eigenvalue weighted by Crippen LogP contribution is -2.38. The standard InChI is InChI=1S/C13H25NO2/c1-5-14-13(15)16-12-8-10(4)6-7-11(12)9(2)3/h9-12H,5-8H2,1-4H3,(H,14,15)/t10-,11+,12+/m0/s1. The van der Waals surface area contributed by atoms with E-state index in [1.165, 1.54) is 12.8 Å². The largest absolute Gasteiger partial charge is 0.446 e. The molecule has 1 N–H and O–H groups in total. The molecule has 0 aromatic heterocycles. The molecule has 0 bridgehead atoms. The minimum absolute atomic E-state index is 0.107. The molecule has 3 nitrogen and oxygen atoms in total. The van der Waals surface area contributed by atoms with Crippen LogP contribution in [-0.2, 0) is 4.74 Å². The molecule has 0 unspecified atom stereocenters. The van der Waals surface area contributed by atoms with Gasteiger partial charge in [-0.3, -0.25) is 0 Å². The highest BCUT2D eigenvalue weighted by molar-refractivity contribution is 5.67. The fourth-order valence-electron chi connectivity index (χ4n) is 2.57. The second-order valence-electron chi connectivity index (χ2n) is 5.30. The lowest BCUT2D eigenvalue weighted by molar-refractivity contribution is 0.00643. The van der Waals surface area contributed by atoms with Gasteiger partial charge in [0.2, 0.25) is 0 Å². The van der Waals surface area contributed by atoms with Crippen LogP contribution in [0.3, 0.4) is 0 Å². The van der Waals surface area contributed by atoms with Gasteiger partial charge in [-0.1, -0.05) is 27.2 Å². The summed E-state index contributed by atoms with van der Waals surface area (Å²) in [5.74, 6) is 1.79. The highest BCUT2D eigenvalue weighted by Gasteiger charge is 2.33. The molecule has 0 heterocycles. The van der Waals surface area contributed by atoms with Gasteiger partial charge in [0.1, 0.15) is 6.10 Å². The van der Waals surface area contributed by atoms with Crippen LogP contribution in [0, 0.1) is 17.8 Å². The summed E-state index contributed by atoms with van der Waals surface area (Å²) in [5, 5.41) is 2.71. The number of hydrogen-bond acceptors (Lipinski definition) is 2. The summed E-state index contributed by atoms with van der Waals surface area (Å²) in [7, 11) is 0. The number of alkyl carbamates (subject to hydrolysis) is 1. The van der Waals surface area contributed by atoms with E-state index in [9.17, 15) is 4.79 Å². The van der Waals surface area contributed by atoms with E-state index in [0.29, 0.717) is 24.3 Å². The molecule has 1 amide bonds. The van der Waals surface area contributed by atoms with Crippen LogP contribution < -0.4 is 5.32 Å². The highest BCUT2D eigenvalue weighted by atomic mass is 16.6. The summed E-state index contributed by atoms with van der Waals surface area (Å²) in [6, 6.07) is 0. The second-order valence-corrected chi connectivity index (χ2v) is 5.30. The van der Waals surface area contributed by atoms with Crippen molar-refractivity contribution in [1.29, 1.82) is 0 Å². The molecule has 0 spiro atoms. The molecule has 16 heavy (non-hydrogen) atoms. The fraction of sp³-hybridized carbons (Fsp3) is 0.923. The quantitative estimate of drug-likeness (QED) is 0.804. The molecular formula is C13H25NO2. The fourth-order valence-corrected chi connectivity index (χ4v) is 2.57. The summed E-state index contributed by atoms with van der Waals surface area (Å²) in [5.41, 5.74) is 0. The number of rotatable bonds is 3. The average molecular weight is 227 g/mol. The summed E-state index contributed by atoms with van der Waals surface area (Å²) in [6.45, 7) is 9.21. The van der Waals surface area contributed by atoms with E-state index in [1.54, 1.807) is 0 Å². The van der Waals surface area contributed by atoms with E-state index in [2.05, 4.69) is 26.1 Å². The number of carbonyl (C=O) groups excluding carboxylic acids is 1. The van der Waals surface area contributed by atoms with Gasteiger partial charge in [-0.2, -0.15) is 0 Å². The van der Waals surface area contributed by atoms with Gasteiger partial charge >= 0.3 is 6.09 Å². The Morgan fingerprint density at radius 1 is 1.44 bits per heavy atom. The van der Waals surface area contributed by atoms with E-state index in [-0.39, 0.29) is 12.2 Å². The van der Waals surface area contributed by atoms with Crippen molar-refractivity contribution in [3.05, 3.63) is 0 Å². The number of nitrogens with one attached hydrogen (secondary N) is 1. The van der Waals surface area contributed by atoms with E-state index >= 15 is 0 Å². The van der Waals surface area contributed by atoms with Gasteiger partial charge in [0.05, 0.1) is 0 Å². The molecule has 1 rings (SSSR count). The summed E-state index contributed by atoms with van der Waals surface area (Å²) < 4.78 is 5.53. The first-order chi connectivity index (χ1) is 7.54. The van der Waals surface area contributed by atoms with E-state index in [0.717, 1.165) is 6.42 Å². The Morgan fingerprint density at radius 3 is 2.69 bits per heavy atom. The molecule has 0 aliphatic heterocycles. The van der Waals surface area contributed by atoms with E-state index < -0.39 is 0 Å². The topological polar surface area (TPSA) is 38.3 Å². The van der Waals surface area contributed by atoms with Gasteiger partial charge in [0.15, 0.2) is 0 Å². The Labute approximate surface area is 98.9 Å². The van der Waals surface area contributed by atoms with Gasteiger partial charge < -0.3 is 10.1 Å². The Hall–Kier alpha value is -0.730. The van der Waals surface area contributed by atoms with E-state index in [1.807, 2.05) is 6.92 Å². The lowest BCUT2D eigenvalue weighted by Gasteiger charge is -2.36. The predicted molar refractivity (Wildman–Crippen MR) is 65.3 cm³/mol. The van der Waals surface area contributed by atoms with Gasteiger partial charge in [0.25, 0.3) is 0 Å². The van der Waals surface area contributed by atoms with Crippen LogP contribution in [0.15, 0.2) is 0 Å². The number of amides is 1. The molecule has 3 heteroatoms. The maximum Gasteiger partial charge on any atom is 0.407 e. The second kappa shape index (κ2) is 6.12. The van der Waals surface area contributed by atoms with E-state index in [4.69, 9.17) is 4.74 Å². The normalized spacial score (nSPS) is 30.2. The zero-order valence-corrected chi connectivity index (χ0v) is 11.0. The van der Waals surface area contributed by atoms with Crippen molar-refractivity contribution >= 4 is 6.09 Å². The Balaban J connectivity index is 2.54. The summed E-state index contributed by atoms with van der Waals surface area (Å²) in [4.78, 5) is 11.5. The maximum atomic E-state index is 11.5. The first-order valence-electron chi connectivity index (χ1n) is 6.49. The number of carbonyl (C=O) groups is 1. The Morgan fingerprint density at radius 2 is 2.12 bits per heavy atom. The summed E-state index contributed by atoms with van der Waals surface area (Å²) in [6.07, 6.45) is 3.31. The molecule has 0 aromatic rings. The number of ether oxygens (including phenoxy) is 1. The van der Waals surface area contributed by atoms with Crippen molar-refractivity contribution < 1.29 is 9.53 Å². The third-order valence-corrected chi connectivity index (χ3v) is 3.54. The predicted octanol–water partition coefficient (Wildman–Crippen LogP) is 3.19. The number of hydrogen-bond donors (Lipinski definition) is 1. The zero-order chi connectivity index (χ0) is 12.1. The molecule has 94 valence electrons. The van der Waals surface area contributed by atoms with Crippen LogP contribution in [0.25, 0.3) is 0 Å². The molecule has 1 aliphatic carbocycles. The van der Waals surface area contributed by atoms with Crippen LogP contribution in [0.5, 0.6) is 0 Å². The van der Waals surface area contributed by atoms with Crippen molar-refractivity contribution in [3.8, 4) is 0 Å². The van der Waals surface area contributed by atoms with Crippen LogP contribution in [0.1, 0.15) is 47.0 Å². The monoisotopic (exact) mass is 227 g/mol. The Kier molecular flexibility index (Phi) is 5.10. The first-order valence-corrected chi connectivity index (χ1v) is 6.49. The molecule has 1 aliphatic rings. The van der Waals surface area contributed by atoms with Gasteiger partial charge in [-0.15, -0.1) is 0 Å². The summed E-state index contributed by atoms with van der Waals surface area (Å²) >= 11 is 0.